The van der Waals surface area contributed by atoms with Crippen LogP contribution in [0.5, 0.6) is 11.5 Å². The van der Waals surface area contributed by atoms with Crippen LogP contribution in [-0.2, 0) is 11.3 Å². The number of likely N-dealkylation sites (tertiary alicyclic amines) is 1. The molecule has 1 fully saturated rings. The number of hydrogen-bond acceptors (Lipinski definition) is 3. The minimum absolute atomic E-state index is 0.00899. The van der Waals surface area contributed by atoms with Gasteiger partial charge in [0.1, 0.15) is 17.3 Å². The molecule has 3 aromatic rings. The molecule has 0 aliphatic carbocycles. The van der Waals surface area contributed by atoms with Gasteiger partial charge in [0, 0.05) is 18.2 Å². The third-order valence-corrected chi connectivity index (χ3v) is 5.38. The van der Waals surface area contributed by atoms with Gasteiger partial charge in [-0.25, -0.2) is 4.39 Å². The zero-order chi connectivity index (χ0) is 20.8. The predicted molar refractivity (Wildman–Crippen MR) is 116 cm³/mol. The number of carbonyl (C=O) groups excluding carboxylic acids is 1. The van der Waals surface area contributed by atoms with Crippen molar-refractivity contribution >= 4 is 11.6 Å². The number of nitrogens with one attached hydrogen (secondary N) is 1. The topological polar surface area (TPSA) is 41.6 Å². The van der Waals surface area contributed by atoms with Crippen molar-refractivity contribution in [3.05, 3.63) is 90.2 Å². The highest BCUT2D eigenvalue weighted by molar-refractivity contribution is 5.92. The molecule has 0 aromatic heterocycles. The van der Waals surface area contributed by atoms with Crippen molar-refractivity contribution in [3.63, 3.8) is 0 Å². The SMILES string of the molecule is O=C(Nc1ccc(Oc2ccccc2)cc1)C1CCN(Cc2ccc(F)cc2)CC1. The summed E-state index contributed by atoms with van der Waals surface area (Å²) in [5, 5.41) is 3.02. The zero-order valence-corrected chi connectivity index (χ0v) is 16.8. The Hall–Kier alpha value is -3.18. The van der Waals surface area contributed by atoms with Crippen molar-refractivity contribution in [1.29, 1.82) is 0 Å². The molecule has 0 radical (unpaired) electrons. The molecule has 0 atom stereocenters. The van der Waals surface area contributed by atoms with E-state index in [4.69, 9.17) is 4.74 Å². The fourth-order valence-electron chi connectivity index (χ4n) is 3.68. The lowest BCUT2D eigenvalue weighted by atomic mass is 9.95. The second-order valence-electron chi connectivity index (χ2n) is 7.61. The van der Waals surface area contributed by atoms with Crippen LogP contribution in [0.4, 0.5) is 10.1 Å². The second kappa shape index (κ2) is 9.55. The van der Waals surface area contributed by atoms with Crippen LogP contribution in [0.3, 0.4) is 0 Å². The Bertz CT molecular complexity index is 951. The molecule has 1 N–H and O–H groups in total. The number of amides is 1. The summed E-state index contributed by atoms with van der Waals surface area (Å²) in [5.74, 6) is 1.37. The van der Waals surface area contributed by atoms with Crippen molar-refractivity contribution < 1.29 is 13.9 Å². The van der Waals surface area contributed by atoms with E-state index in [1.165, 1.54) is 12.1 Å². The van der Waals surface area contributed by atoms with Gasteiger partial charge in [0.15, 0.2) is 0 Å². The van der Waals surface area contributed by atoms with E-state index in [1.807, 2.05) is 66.7 Å². The van der Waals surface area contributed by atoms with E-state index in [1.54, 1.807) is 0 Å². The Morgan fingerprint density at radius 1 is 0.900 bits per heavy atom. The average molecular weight is 404 g/mol. The van der Waals surface area contributed by atoms with E-state index in [0.717, 1.165) is 55.2 Å². The van der Waals surface area contributed by atoms with Gasteiger partial charge in [-0.05, 0) is 80.0 Å². The Kier molecular flexibility index (Phi) is 6.40. The van der Waals surface area contributed by atoms with Gasteiger partial charge in [0.2, 0.25) is 5.91 Å². The first-order valence-corrected chi connectivity index (χ1v) is 10.3. The van der Waals surface area contributed by atoms with Gasteiger partial charge in [-0.1, -0.05) is 30.3 Å². The summed E-state index contributed by atoms with van der Waals surface area (Å²) < 4.78 is 18.8. The van der Waals surface area contributed by atoms with Crippen LogP contribution < -0.4 is 10.1 Å². The molecule has 154 valence electrons. The number of para-hydroxylation sites is 1. The molecule has 1 amide bonds. The van der Waals surface area contributed by atoms with Crippen LogP contribution in [0.2, 0.25) is 0 Å². The summed E-state index contributed by atoms with van der Waals surface area (Å²) in [6.45, 7) is 2.51. The van der Waals surface area contributed by atoms with Crippen LogP contribution in [0.25, 0.3) is 0 Å². The van der Waals surface area contributed by atoms with Crippen LogP contribution in [0.1, 0.15) is 18.4 Å². The summed E-state index contributed by atoms with van der Waals surface area (Å²) >= 11 is 0. The highest BCUT2D eigenvalue weighted by atomic mass is 19.1. The van der Waals surface area contributed by atoms with Gasteiger partial charge in [-0.15, -0.1) is 0 Å². The van der Waals surface area contributed by atoms with Gasteiger partial charge in [-0.2, -0.15) is 0 Å². The van der Waals surface area contributed by atoms with Crippen molar-refractivity contribution in [2.75, 3.05) is 18.4 Å². The molecule has 1 aliphatic heterocycles. The van der Waals surface area contributed by atoms with Crippen LogP contribution in [0.15, 0.2) is 78.9 Å². The highest BCUT2D eigenvalue weighted by Gasteiger charge is 2.25. The number of benzene rings is 3. The van der Waals surface area contributed by atoms with E-state index in [-0.39, 0.29) is 17.6 Å². The molecule has 30 heavy (non-hydrogen) atoms. The Morgan fingerprint density at radius 3 is 2.20 bits per heavy atom. The van der Waals surface area contributed by atoms with Gasteiger partial charge in [0.05, 0.1) is 0 Å². The first-order chi connectivity index (χ1) is 14.7. The molecule has 5 heteroatoms. The molecule has 0 spiro atoms. The maximum atomic E-state index is 13.0. The van der Waals surface area contributed by atoms with E-state index < -0.39 is 0 Å². The predicted octanol–water partition coefficient (Wildman–Crippen LogP) is 5.47. The molecule has 1 heterocycles. The second-order valence-corrected chi connectivity index (χ2v) is 7.61. The number of carbonyl (C=O) groups is 1. The van der Waals surface area contributed by atoms with Gasteiger partial charge in [-0.3, -0.25) is 9.69 Å². The third-order valence-electron chi connectivity index (χ3n) is 5.38. The Labute approximate surface area is 176 Å². The van der Waals surface area contributed by atoms with Gasteiger partial charge in [0.25, 0.3) is 0 Å². The fraction of sp³-hybridized carbons (Fsp3) is 0.240. The normalized spacial score (nSPS) is 15.0. The number of anilines is 1. The lowest BCUT2D eigenvalue weighted by molar-refractivity contribution is -0.121. The molecule has 3 aromatic carbocycles. The molecule has 1 aliphatic rings. The van der Waals surface area contributed by atoms with Crippen LogP contribution in [0, 0.1) is 11.7 Å². The van der Waals surface area contributed by atoms with Crippen molar-refractivity contribution in [1.82, 2.24) is 4.90 Å². The molecule has 1 saturated heterocycles. The third kappa shape index (κ3) is 5.45. The lowest BCUT2D eigenvalue weighted by Gasteiger charge is -2.31. The number of ether oxygens (including phenoxy) is 1. The number of nitrogens with zero attached hydrogens (tertiary/aromatic N) is 1. The minimum Gasteiger partial charge on any atom is -0.457 e. The van der Waals surface area contributed by atoms with Crippen molar-refractivity contribution in [3.8, 4) is 11.5 Å². The van der Waals surface area contributed by atoms with Crippen LogP contribution >= 0.6 is 0 Å². The fourth-order valence-corrected chi connectivity index (χ4v) is 3.68. The van der Waals surface area contributed by atoms with Gasteiger partial charge >= 0.3 is 0 Å². The lowest BCUT2D eigenvalue weighted by Crippen LogP contribution is -2.37. The molecule has 0 saturated carbocycles. The van der Waals surface area contributed by atoms with Crippen molar-refractivity contribution in [2.24, 2.45) is 5.92 Å². The monoisotopic (exact) mass is 404 g/mol. The maximum Gasteiger partial charge on any atom is 0.227 e. The maximum absolute atomic E-state index is 13.0. The molecule has 0 unspecified atom stereocenters. The molecule has 4 rings (SSSR count). The summed E-state index contributed by atoms with van der Waals surface area (Å²) in [4.78, 5) is 15.0. The smallest absolute Gasteiger partial charge is 0.227 e. The molecule has 4 nitrogen and oxygen atoms in total. The van der Waals surface area contributed by atoms with E-state index in [0.29, 0.717) is 0 Å². The van der Waals surface area contributed by atoms with E-state index in [2.05, 4.69) is 10.2 Å². The number of piperidine rings is 1. The first-order valence-electron chi connectivity index (χ1n) is 10.3. The number of hydrogen-bond donors (Lipinski definition) is 1. The Balaban J connectivity index is 1.25. The summed E-state index contributed by atoms with van der Waals surface area (Å²) in [7, 11) is 0. The zero-order valence-electron chi connectivity index (χ0n) is 16.8. The van der Waals surface area contributed by atoms with Gasteiger partial charge < -0.3 is 10.1 Å². The minimum atomic E-state index is -0.214. The molecule has 0 bridgehead atoms. The quantitative estimate of drug-likeness (QED) is 0.592. The summed E-state index contributed by atoms with van der Waals surface area (Å²) in [5.41, 5.74) is 1.87. The number of rotatable bonds is 6. The first kappa shape index (κ1) is 20.1. The van der Waals surface area contributed by atoms with E-state index >= 15 is 0 Å². The average Bonchev–Trinajstić information content (AvgIpc) is 2.78. The highest BCUT2D eigenvalue weighted by Crippen LogP contribution is 2.24. The molecular weight excluding hydrogens is 379 g/mol. The van der Waals surface area contributed by atoms with Crippen LogP contribution in [-0.4, -0.2) is 23.9 Å². The van der Waals surface area contributed by atoms with Crippen molar-refractivity contribution in [2.45, 2.75) is 19.4 Å². The number of halogens is 1. The summed E-state index contributed by atoms with van der Waals surface area (Å²) in [6.07, 6.45) is 1.64. The summed E-state index contributed by atoms with van der Waals surface area (Å²) in [6, 6.07) is 23.6. The van der Waals surface area contributed by atoms with E-state index in [9.17, 15) is 9.18 Å². The largest absolute Gasteiger partial charge is 0.457 e. The standard InChI is InChI=1S/C25H25FN2O2/c26-21-8-6-19(7-9-21)18-28-16-14-20(15-17-28)25(29)27-22-10-12-24(13-11-22)30-23-4-2-1-3-5-23/h1-13,20H,14-18H2,(H,27,29). The molecular formula is C25H25FN2O2. The Morgan fingerprint density at radius 2 is 1.53 bits per heavy atom.